The number of para-hydroxylation sites is 1. The molecule has 1 atom stereocenters. The van der Waals surface area contributed by atoms with Gasteiger partial charge in [-0.3, -0.25) is 4.84 Å². The number of aromatic carboxylic acids is 1. The second-order valence-electron chi connectivity index (χ2n) is 7.74. The third-order valence-corrected chi connectivity index (χ3v) is 5.13. The van der Waals surface area contributed by atoms with Gasteiger partial charge in [-0.25, -0.2) is 15.4 Å². The first-order chi connectivity index (χ1) is 11.8. The van der Waals surface area contributed by atoms with Crippen molar-refractivity contribution in [3.63, 3.8) is 0 Å². The van der Waals surface area contributed by atoms with Crippen molar-refractivity contribution in [1.29, 1.82) is 0 Å². The molecule has 0 bridgehead atoms. The average Bonchev–Trinajstić information content (AvgIpc) is 2.93. The lowest BCUT2D eigenvalue weighted by molar-refractivity contribution is 0.0684. The van der Waals surface area contributed by atoms with Crippen molar-refractivity contribution >= 4 is 5.97 Å². The summed E-state index contributed by atoms with van der Waals surface area (Å²) >= 11 is 0. The summed E-state index contributed by atoms with van der Waals surface area (Å²) in [6.45, 7) is 6.83. The van der Waals surface area contributed by atoms with Crippen LogP contribution in [0, 0.1) is 11.3 Å². The van der Waals surface area contributed by atoms with E-state index in [1.54, 1.807) is 4.68 Å². The van der Waals surface area contributed by atoms with E-state index < -0.39 is 5.97 Å². The number of nitrogens with two attached hydrogens (primary N) is 1. The van der Waals surface area contributed by atoms with E-state index in [1.807, 2.05) is 24.3 Å². The Hall–Kier alpha value is -2.18. The monoisotopic (exact) mass is 343 g/mol. The Labute approximate surface area is 147 Å². The topological polar surface area (TPSA) is 90.4 Å². The van der Waals surface area contributed by atoms with E-state index in [0.717, 1.165) is 36.1 Å². The van der Waals surface area contributed by atoms with Crippen LogP contribution in [0.5, 0.6) is 0 Å². The molecule has 2 aromatic rings. The summed E-state index contributed by atoms with van der Waals surface area (Å²) < 4.78 is 1.55. The summed E-state index contributed by atoms with van der Waals surface area (Å²) in [7, 11) is 0. The maximum atomic E-state index is 12.0. The van der Waals surface area contributed by atoms with Crippen LogP contribution in [0.1, 0.15) is 54.5 Å². The molecular weight excluding hydrogens is 318 g/mol. The van der Waals surface area contributed by atoms with Crippen molar-refractivity contribution in [2.75, 3.05) is 0 Å². The number of aromatic nitrogens is 2. The molecule has 0 fully saturated rings. The van der Waals surface area contributed by atoms with Gasteiger partial charge in [-0.1, -0.05) is 39.0 Å². The highest BCUT2D eigenvalue weighted by Crippen LogP contribution is 2.38. The molecule has 25 heavy (non-hydrogen) atoms. The Morgan fingerprint density at radius 3 is 2.76 bits per heavy atom. The van der Waals surface area contributed by atoms with E-state index in [1.165, 1.54) is 0 Å². The number of aryl methyl sites for hydroxylation is 1. The number of fused-ring (bicyclic) bond motifs is 1. The normalized spacial score (nSPS) is 17.4. The minimum atomic E-state index is -0.952. The van der Waals surface area contributed by atoms with Crippen molar-refractivity contribution in [1.82, 2.24) is 9.78 Å². The van der Waals surface area contributed by atoms with Crippen LogP contribution in [-0.2, 0) is 24.3 Å². The Morgan fingerprint density at radius 1 is 1.40 bits per heavy atom. The molecule has 1 aliphatic rings. The summed E-state index contributed by atoms with van der Waals surface area (Å²) in [4.78, 5) is 16.8. The SMILES string of the molecule is CC(C)(C)C1CCc2nn(-c3ccccc3CON)c(C(=O)O)c2C1. The molecule has 6 heteroatoms. The fourth-order valence-corrected chi connectivity index (χ4v) is 3.63. The fraction of sp³-hybridized carbons (Fsp3) is 0.474. The molecule has 1 aromatic carbocycles. The van der Waals surface area contributed by atoms with Crippen LogP contribution in [0.2, 0.25) is 0 Å². The fourth-order valence-electron chi connectivity index (χ4n) is 3.63. The molecule has 0 spiro atoms. The molecule has 3 N–H and O–H groups in total. The third-order valence-electron chi connectivity index (χ3n) is 5.13. The summed E-state index contributed by atoms with van der Waals surface area (Å²) in [6, 6.07) is 7.45. The van der Waals surface area contributed by atoms with Crippen molar-refractivity contribution in [2.24, 2.45) is 17.2 Å². The van der Waals surface area contributed by atoms with Gasteiger partial charge in [-0.05, 0) is 36.7 Å². The van der Waals surface area contributed by atoms with Crippen LogP contribution >= 0.6 is 0 Å². The van der Waals surface area contributed by atoms with E-state index in [2.05, 4.69) is 25.9 Å². The van der Waals surface area contributed by atoms with Gasteiger partial charge in [0, 0.05) is 11.1 Å². The summed E-state index contributed by atoms with van der Waals surface area (Å²) in [5.74, 6) is 4.71. The van der Waals surface area contributed by atoms with Gasteiger partial charge in [0.1, 0.15) is 0 Å². The number of benzene rings is 1. The van der Waals surface area contributed by atoms with Gasteiger partial charge in [0.25, 0.3) is 0 Å². The highest BCUT2D eigenvalue weighted by molar-refractivity contribution is 5.88. The number of nitrogens with zero attached hydrogens (tertiary/aromatic N) is 2. The van der Waals surface area contributed by atoms with E-state index in [9.17, 15) is 9.90 Å². The maximum absolute atomic E-state index is 12.0. The second-order valence-corrected chi connectivity index (χ2v) is 7.74. The van der Waals surface area contributed by atoms with Crippen LogP contribution in [0.3, 0.4) is 0 Å². The molecule has 6 nitrogen and oxygen atoms in total. The van der Waals surface area contributed by atoms with Crippen molar-refractivity contribution in [3.05, 3.63) is 46.8 Å². The van der Waals surface area contributed by atoms with Crippen LogP contribution in [-0.4, -0.2) is 20.9 Å². The number of carboxylic acid groups (broad SMARTS) is 1. The molecular formula is C19H25N3O3. The lowest BCUT2D eigenvalue weighted by Gasteiger charge is -2.33. The van der Waals surface area contributed by atoms with Gasteiger partial charge >= 0.3 is 5.97 Å². The van der Waals surface area contributed by atoms with Gasteiger partial charge in [0.15, 0.2) is 5.69 Å². The summed E-state index contributed by atoms with van der Waals surface area (Å²) in [6.07, 6.45) is 2.58. The molecule has 1 aromatic heterocycles. The van der Waals surface area contributed by atoms with Crippen molar-refractivity contribution < 1.29 is 14.7 Å². The first-order valence-corrected chi connectivity index (χ1v) is 8.57. The highest BCUT2D eigenvalue weighted by atomic mass is 16.6. The van der Waals surface area contributed by atoms with Crippen LogP contribution in [0.15, 0.2) is 24.3 Å². The van der Waals surface area contributed by atoms with Gasteiger partial charge < -0.3 is 5.11 Å². The van der Waals surface area contributed by atoms with E-state index in [4.69, 9.17) is 10.7 Å². The number of carboxylic acids is 1. The van der Waals surface area contributed by atoms with Crippen molar-refractivity contribution in [2.45, 2.75) is 46.6 Å². The van der Waals surface area contributed by atoms with Gasteiger partial charge in [0.2, 0.25) is 0 Å². The predicted molar refractivity (Wildman–Crippen MR) is 94.5 cm³/mol. The first kappa shape index (κ1) is 17.6. The largest absolute Gasteiger partial charge is 0.476 e. The zero-order valence-corrected chi connectivity index (χ0v) is 15.0. The van der Waals surface area contributed by atoms with Crippen LogP contribution in [0.25, 0.3) is 5.69 Å². The third kappa shape index (κ3) is 3.32. The quantitative estimate of drug-likeness (QED) is 0.833. The Balaban J connectivity index is 2.12. The Bertz CT molecular complexity index is 790. The van der Waals surface area contributed by atoms with E-state index in [0.29, 0.717) is 11.6 Å². The zero-order valence-electron chi connectivity index (χ0n) is 15.0. The number of carbonyl (C=O) groups is 1. The lowest BCUT2D eigenvalue weighted by atomic mass is 9.71. The van der Waals surface area contributed by atoms with Gasteiger partial charge in [-0.2, -0.15) is 5.10 Å². The average molecular weight is 343 g/mol. The zero-order chi connectivity index (χ0) is 18.2. The number of rotatable bonds is 4. The van der Waals surface area contributed by atoms with E-state index in [-0.39, 0.29) is 17.7 Å². The maximum Gasteiger partial charge on any atom is 0.354 e. The van der Waals surface area contributed by atoms with Crippen LogP contribution < -0.4 is 5.90 Å². The first-order valence-electron chi connectivity index (χ1n) is 8.57. The molecule has 1 aliphatic carbocycles. The molecule has 1 unspecified atom stereocenters. The molecule has 0 amide bonds. The predicted octanol–water partition coefficient (Wildman–Crippen LogP) is 3.11. The standard InChI is InChI=1S/C19H25N3O3/c1-19(2,3)13-8-9-15-14(10-13)17(18(23)24)22(21-15)16-7-5-4-6-12(16)11-25-20/h4-7,13H,8-11,20H2,1-3H3,(H,23,24). The number of hydrogen-bond donors (Lipinski definition) is 2. The van der Waals surface area contributed by atoms with E-state index >= 15 is 0 Å². The molecule has 3 rings (SSSR count). The molecule has 0 radical (unpaired) electrons. The smallest absolute Gasteiger partial charge is 0.354 e. The second kappa shape index (κ2) is 6.61. The Kier molecular flexibility index (Phi) is 4.67. The molecule has 134 valence electrons. The summed E-state index contributed by atoms with van der Waals surface area (Å²) in [5.41, 5.74) is 3.66. The minimum Gasteiger partial charge on any atom is -0.476 e. The number of hydrogen-bond acceptors (Lipinski definition) is 4. The molecule has 0 saturated heterocycles. The molecule has 1 heterocycles. The van der Waals surface area contributed by atoms with Crippen molar-refractivity contribution in [3.8, 4) is 5.69 Å². The molecule has 0 saturated carbocycles. The molecule has 0 aliphatic heterocycles. The Morgan fingerprint density at radius 2 is 2.12 bits per heavy atom. The van der Waals surface area contributed by atoms with Gasteiger partial charge in [-0.15, -0.1) is 0 Å². The summed E-state index contributed by atoms with van der Waals surface area (Å²) in [5, 5.41) is 14.5. The van der Waals surface area contributed by atoms with Crippen LogP contribution in [0.4, 0.5) is 0 Å². The lowest BCUT2D eigenvalue weighted by Crippen LogP contribution is -2.27. The highest BCUT2D eigenvalue weighted by Gasteiger charge is 2.34. The van der Waals surface area contributed by atoms with Gasteiger partial charge in [0.05, 0.1) is 18.0 Å². The minimum absolute atomic E-state index is 0.140.